The standard InChI is InChI=1S/C21H27N3O/c1-17-15-24(16-18-7-4-3-5-8-18)12-10-20(17)23(2)21(25)13-19-9-6-11-22-14-19/h3-9,11,14,17,20H,10,12-13,15-16H2,1-2H3/t17-,20-/m1/s1. The van der Waals surface area contributed by atoms with E-state index >= 15 is 0 Å². The maximum atomic E-state index is 12.6. The summed E-state index contributed by atoms with van der Waals surface area (Å²) in [6.45, 7) is 5.32. The summed E-state index contributed by atoms with van der Waals surface area (Å²) in [6, 6.07) is 14.8. The predicted molar refractivity (Wildman–Crippen MR) is 100.0 cm³/mol. The molecule has 25 heavy (non-hydrogen) atoms. The van der Waals surface area contributed by atoms with Crippen molar-refractivity contribution in [2.45, 2.75) is 32.4 Å². The van der Waals surface area contributed by atoms with Crippen LogP contribution in [0.15, 0.2) is 54.9 Å². The van der Waals surface area contributed by atoms with Gasteiger partial charge in [0.05, 0.1) is 6.42 Å². The molecule has 0 radical (unpaired) electrons. The minimum absolute atomic E-state index is 0.182. The van der Waals surface area contributed by atoms with Gasteiger partial charge in [-0.05, 0) is 29.5 Å². The maximum absolute atomic E-state index is 12.6. The Morgan fingerprint density at radius 1 is 1.20 bits per heavy atom. The molecule has 132 valence electrons. The molecule has 0 aliphatic carbocycles. The van der Waals surface area contributed by atoms with Crippen LogP contribution >= 0.6 is 0 Å². The molecular formula is C21H27N3O. The Labute approximate surface area is 150 Å². The fourth-order valence-electron chi connectivity index (χ4n) is 3.77. The van der Waals surface area contributed by atoms with Crippen LogP contribution < -0.4 is 0 Å². The topological polar surface area (TPSA) is 36.4 Å². The second-order valence-electron chi connectivity index (χ2n) is 7.10. The monoisotopic (exact) mass is 337 g/mol. The first-order valence-electron chi connectivity index (χ1n) is 9.04. The maximum Gasteiger partial charge on any atom is 0.227 e. The molecule has 4 nitrogen and oxygen atoms in total. The molecule has 1 aromatic carbocycles. The highest BCUT2D eigenvalue weighted by Gasteiger charge is 2.31. The van der Waals surface area contributed by atoms with Crippen LogP contribution in [-0.4, -0.2) is 46.9 Å². The van der Waals surface area contributed by atoms with Gasteiger partial charge >= 0.3 is 0 Å². The fraction of sp³-hybridized carbons (Fsp3) is 0.429. The van der Waals surface area contributed by atoms with Crippen molar-refractivity contribution in [2.75, 3.05) is 20.1 Å². The Morgan fingerprint density at radius 2 is 1.96 bits per heavy atom. The number of carbonyl (C=O) groups is 1. The second-order valence-corrected chi connectivity index (χ2v) is 7.10. The van der Waals surface area contributed by atoms with E-state index in [1.807, 2.05) is 24.1 Å². The quantitative estimate of drug-likeness (QED) is 0.841. The number of carbonyl (C=O) groups excluding carboxylic acids is 1. The van der Waals surface area contributed by atoms with Crippen molar-refractivity contribution in [1.29, 1.82) is 0 Å². The van der Waals surface area contributed by atoms with Gasteiger partial charge in [0.1, 0.15) is 0 Å². The highest BCUT2D eigenvalue weighted by Crippen LogP contribution is 2.23. The number of hydrogen-bond acceptors (Lipinski definition) is 3. The summed E-state index contributed by atoms with van der Waals surface area (Å²) >= 11 is 0. The van der Waals surface area contributed by atoms with Crippen LogP contribution in [-0.2, 0) is 17.8 Å². The number of benzene rings is 1. The lowest BCUT2D eigenvalue weighted by Gasteiger charge is -2.41. The molecule has 1 saturated heterocycles. The van der Waals surface area contributed by atoms with Crippen molar-refractivity contribution in [2.24, 2.45) is 5.92 Å². The molecule has 3 rings (SSSR count). The van der Waals surface area contributed by atoms with Crippen LogP contribution in [0.2, 0.25) is 0 Å². The van der Waals surface area contributed by atoms with Crippen molar-refractivity contribution >= 4 is 5.91 Å². The third kappa shape index (κ3) is 4.67. The van der Waals surface area contributed by atoms with Crippen molar-refractivity contribution in [3.8, 4) is 0 Å². The molecule has 1 aliphatic heterocycles. The van der Waals surface area contributed by atoms with Crippen LogP contribution in [0.3, 0.4) is 0 Å². The number of likely N-dealkylation sites (tertiary alicyclic amines) is 1. The van der Waals surface area contributed by atoms with Crippen LogP contribution in [0.25, 0.3) is 0 Å². The molecule has 2 aromatic rings. The molecule has 1 amide bonds. The number of pyridine rings is 1. The Hall–Kier alpha value is -2.20. The molecule has 0 spiro atoms. The lowest BCUT2D eigenvalue weighted by atomic mass is 9.92. The van der Waals surface area contributed by atoms with Crippen molar-refractivity contribution in [3.63, 3.8) is 0 Å². The number of piperidine rings is 1. The molecule has 0 bridgehead atoms. The zero-order valence-electron chi connectivity index (χ0n) is 15.1. The molecule has 1 aliphatic rings. The number of aromatic nitrogens is 1. The van der Waals surface area contributed by atoms with E-state index in [1.54, 1.807) is 12.4 Å². The smallest absolute Gasteiger partial charge is 0.227 e. The molecule has 2 heterocycles. The van der Waals surface area contributed by atoms with Gasteiger partial charge in [0.25, 0.3) is 0 Å². The van der Waals surface area contributed by atoms with Crippen LogP contribution in [0.5, 0.6) is 0 Å². The summed E-state index contributed by atoms with van der Waals surface area (Å²) in [5.74, 6) is 0.654. The number of amides is 1. The van der Waals surface area contributed by atoms with Crippen molar-refractivity contribution in [3.05, 3.63) is 66.0 Å². The number of nitrogens with zero attached hydrogens (tertiary/aromatic N) is 3. The number of hydrogen-bond donors (Lipinski definition) is 0. The molecule has 0 unspecified atom stereocenters. The van der Waals surface area contributed by atoms with Crippen LogP contribution in [0.4, 0.5) is 0 Å². The Bertz CT molecular complexity index is 674. The van der Waals surface area contributed by atoms with Gasteiger partial charge in [0, 0.05) is 45.1 Å². The summed E-state index contributed by atoms with van der Waals surface area (Å²) < 4.78 is 0. The zero-order chi connectivity index (χ0) is 17.6. The van der Waals surface area contributed by atoms with Gasteiger partial charge in [-0.15, -0.1) is 0 Å². The van der Waals surface area contributed by atoms with Crippen molar-refractivity contribution < 1.29 is 4.79 Å². The molecule has 2 atom stereocenters. The lowest BCUT2D eigenvalue weighted by Crippen LogP contribution is -2.50. The van der Waals surface area contributed by atoms with E-state index in [0.717, 1.165) is 31.6 Å². The van der Waals surface area contributed by atoms with Crippen LogP contribution in [0.1, 0.15) is 24.5 Å². The van der Waals surface area contributed by atoms with E-state index in [4.69, 9.17) is 0 Å². The van der Waals surface area contributed by atoms with E-state index in [0.29, 0.717) is 18.4 Å². The minimum Gasteiger partial charge on any atom is -0.342 e. The molecule has 1 aromatic heterocycles. The van der Waals surface area contributed by atoms with Gasteiger partial charge < -0.3 is 4.90 Å². The Morgan fingerprint density at radius 3 is 2.64 bits per heavy atom. The zero-order valence-corrected chi connectivity index (χ0v) is 15.1. The van der Waals surface area contributed by atoms with Gasteiger partial charge in [0.15, 0.2) is 0 Å². The average Bonchev–Trinajstić information content (AvgIpc) is 2.63. The van der Waals surface area contributed by atoms with E-state index in [1.165, 1.54) is 5.56 Å². The normalized spacial score (nSPS) is 21.0. The first kappa shape index (κ1) is 17.6. The van der Waals surface area contributed by atoms with Crippen molar-refractivity contribution in [1.82, 2.24) is 14.8 Å². The molecular weight excluding hydrogens is 310 g/mol. The number of rotatable bonds is 5. The molecule has 4 heteroatoms. The molecule has 1 fully saturated rings. The molecule has 0 N–H and O–H groups in total. The highest BCUT2D eigenvalue weighted by atomic mass is 16.2. The lowest BCUT2D eigenvalue weighted by molar-refractivity contribution is -0.133. The number of likely N-dealkylation sites (N-methyl/N-ethyl adjacent to an activating group) is 1. The van der Waals surface area contributed by atoms with E-state index < -0.39 is 0 Å². The second kappa shape index (κ2) is 8.26. The Balaban J connectivity index is 1.54. The first-order chi connectivity index (χ1) is 12.1. The van der Waals surface area contributed by atoms with Gasteiger partial charge in [0.2, 0.25) is 5.91 Å². The third-order valence-corrected chi connectivity index (χ3v) is 5.16. The van der Waals surface area contributed by atoms with E-state index in [9.17, 15) is 4.79 Å². The van der Waals surface area contributed by atoms with E-state index in [2.05, 4.69) is 47.1 Å². The Kier molecular flexibility index (Phi) is 5.82. The predicted octanol–water partition coefficient (Wildman–Crippen LogP) is 2.99. The highest BCUT2D eigenvalue weighted by molar-refractivity contribution is 5.78. The van der Waals surface area contributed by atoms with Gasteiger partial charge in [-0.25, -0.2) is 0 Å². The van der Waals surface area contributed by atoms with E-state index in [-0.39, 0.29) is 5.91 Å². The van der Waals surface area contributed by atoms with Gasteiger partial charge in [-0.1, -0.05) is 43.3 Å². The largest absolute Gasteiger partial charge is 0.342 e. The first-order valence-corrected chi connectivity index (χ1v) is 9.04. The summed E-state index contributed by atoms with van der Waals surface area (Å²) in [6.07, 6.45) is 4.98. The third-order valence-electron chi connectivity index (χ3n) is 5.16. The average molecular weight is 337 g/mol. The fourth-order valence-corrected chi connectivity index (χ4v) is 3.77. The summed E-state index contributed by atoms with van der Waals surface area (Å²) in [7, 11) is 1.95. The van der Waals surface area contributed by atoms with Gasteiger partial charge in [-0.3, -0.25) is 14.7 Å². The summed E-state index contributed by atoms with van der Waals surface area (Å²) in [4.78, 5) is 21.2. The minimum atomic E-state index is 0.182. The SMILES string of the molecule is C[C@@H]1CN(Cc2ccccc2)CC[C@H]1N(C)C(=O)Cc1cccnc1. The summed E-state index contributed by atoms with van der Waals surface area (Å²) in [5, 5.41) is 0. The summed E-state index contributed by atoms with van der Waals surface area (Å²) in [5.41, 5.74) is 2.34. The van der Waals surface area contributed by atoms with Crippen LogP contribution in [0, 0.1) is 5.92 Å². The van der Waals surface area contributed by atoms with Gasteiger partial charge in [-0.2, -0.15) is 0 Å². The molecule has 0 saturated carbocycles.